The van der Waals surface area contributed by atoms with E-state index in [4.69, 9.17) is 9.47 Å². The molecule has 0 spiro atoms. The Balaban J connectivity index is 2.23. The highest BCUT2D eigenvalue weighted by molar-refractivity contribution is 9.10. The predicted molar refractivity (Wildman–Crippen MR) is 66.4 cm³/mol. The molecule has 0 aromatic heterocycles. The number of hydrogen-bond acceptors (Lipinski definition) is 3. The van der Waals surface area contributed by atoms with Crippen molar-refractivity contribution in [3.05, 3.63) is 33.8 Å². The number of methoxy groups -OCH3 is 1. The molecule has 4 heteroatoms. The van der Waals surface area contributed by atoms with Crippen LogP contribution in [0, 0.1) is 0 Å². The smallest absolute Gasteiger partial charge is 0.0953 e. The lowest BCUT2D eigenvalue weighted by atomic mass is 10.0. The van der Waals surface area contributed by atoms with Crippen molar-refractivity contribution in [2.24, 2.45) is 0 Å². The Kier molecular flexibility index (Phi) is 4.35. The Hall–Kier alpha value is -0.420. The van der Waals surface area contributed by atoms with Crippen LogP contribution in [-0.4, -0.2) is 26.8 Å². The maximum Gasteiger partial charge on any atom is 0.0953 e. The van der Waals surface area contributed by atoms with Crippen molar-refractivity contribution in [3.8, 4) is 0 Å². The first-order valence-corrected chi connectivity index (χ1v) is 6.20. The van der Waals surface area contributed by atoms with E-state index >= 15 is 0 Å². The molecule has 3 nitrogen and oxygen atoms in total. The van der Waals surface area contributed by atoms with Gasteiger partial charge in [0.05, 0.1) is 19.3 Å². The first kappa shape index (κ1) is 12.0. The number of morpholine rings is 1. The van der Waals surface area contributed by atoms with Gasteiger partial charge in [-0.25, -0.2) is 0 Å². The van der Waals surface area contributed by atoms with Gasteiger partial charge >= 0.3 is 0 Å². The molecule has 1 aromatic carbocycles. The molecule has 0 saturated carbocycles. The lowest BCUT2D eigenvalue weighted by molar-refractivity contribution is 0.0261. The monoisotopic (exact) mass is 285 g/mol. The quantitative estimate of drug-likeness (QED) is 0.924. The van der Waals surface area contributed by atoms with Crippen LogP contribution in [0.5, 0.6) is 0 Å². The van der Waals surface area contributed by atoms with Crippen molar-refractivity contribution < 1.29 is 9.47 Å². The zero-order chi connectivity index (χ0) is 11.4. The third-order valence-electron chi connectivity index (χ3n) is 2.68. The third-order valence-corrected chi connectivity index (χ3v) is 3.17. The minimum atomic E-state index is 0.145. The normalized spacial score (nSPS) is 21.0. The SMILES string of the molecule is COCc1cc(Br)ccc1C1CNCCO1. The molecule has 88 valence electrons. The molecule has 0 amide bonds. The lowest BCUT2D eigenvalue weighted by Crippen LogP contribution is -2.33. The van der Waals surface area contributed by atoms with E-state index in [1.807, 2.05) is 6.07 Å². The zero-order valence-corrected chi connectivity index (χ0v) is 10.9. The van der Waals surface area contributed by atoms with Gasteiger partial charge in [-0.3, -0.25) is 0 Å². The fourth-order valence-electron chi connectivity index (χ4n) is 1.93. The number of halogens is 1. The maximum atomic E-state index is 5.76. The van der Waals surface area contributed by atoms with Gasteiger partial charge in [-0.15, -0.1) is 0 Å². The lowest BCUT2D eigenvalue weighted by Gasteiger charge is -2.25. The largest absolute Gasteiger partial charge is 0.380 e. The molecule has 16 heavy (non-hydrogen) atoms. The van der Waals surface area contributed by atoms with Crippen LogP contribution in [0.2, 0.25) is 0 Å². The summed E-state index contributed by atoms with van der Waals surface area (Å²) in [5.74, 6) is 0. The second kappa shape index (κ2) is 5.77. The van der Waals surface area contributed by atoms with Crippen LogP contribution in [0.4, 0.5) is 0 Å². The minimum Gasteiger partial charge on any atom is -0.380 e. The van der Waals surface area contributed by atoms with Crippen molar-refractivity contribution in [2.45, 2.75) is 12.7 Å². The number of ether oxygens (including phenoxy) is 2. The van der Waals surface area contributed by atoms with Crippen molar-refractivity contribution in [2.75, 3.05) is 26.8 Å². The van der Waals surface area contributed by atoms with E-state index in [0.29, 0.717) is 6.61 Å². The molecule has 1 heterocycles. The van der Waals surface area contributed by atoms with E-state index in [1.165, 1.54) is 11.1 Å². The molecule has 1 fully saturated rings. The fourth-order valence-corrected chi connectivity index (χ4v) is 2.34. The van der Waals surface area contributed by atoms with E-state index in [0.717, 1.165) is 24.2 Å². The van der Waals surface area contributed by atoms with E-state index in [2.05, 4.69) is 33.4 Å². The van der Waals surface area contributed by atoms with Gasteiger partial charge in [-0.2, -0.15) is 0 Å². The van der Waals surface area contributed by atoms with Crippen molar-refractivity contribution in [1.82, 2.24) is 5.32 Å². The third kappa shape index (κ3) is 2.83. The fraction of sp³-hybridized carbons (Fsp3) is 0.500. The summed E-state index contributed by atoms with van der Waals surface area (Å²) in [5, 5.41) is 3.34. The average molecular weight is 286 g/mol. The van der Waals surface area contributed by atoms with Gasteiger partial charge in [0, 0.05) is 24.7 Å². The number of nitrogens with one attached hydrogen (secondary N) is 1. The highest BCUT2D eigenvalue weighted by Gasteiger charge is 2.18. The van der Waals surface area contributed by atoms with Crippen LogP contribution in [0.15, 0.2) is 22.7 Å². The number of rotatable bonds is 3. The molecule has 0 bridgehead atoms. The Bertz CT molecular complexity index is 351. The zero-order valence-electron chi connectivity index (χ0n) is 9.33. The van der Waals surface area contributed by atoms with Crippen LogP contribution in [-0.2, 0) is 16.1 Å². The van der Waals surface area contributed by atoms with Crippen molar-refractivity contribution in [3.63, 3.8) is 0 Å². The summed E-state index contributed by atoms with van der Waals surface area (Å²) in [5.41, 5.74) is 2.41. The molecule has 1 unspecified atom stereocenters. The van der Waals surface area contributed by atoms with Gasteiger partial charge in [0.1, 0.15) is 0 Å². The van der Waals surface area contributed by atoms with Crippen LogP contribution in [0.3, 0.4) is 0 Å². The van der Waals surface area contributed by atoms with Gasteiger partial charge in [0.2, 0.25) is 0 Å². The standard InChI is InChI=1S/C12H16BrNO2/c1-15-8-9-6-10(13)2-3-11(9)12-7-14-4-5-16-12/h2-3,6,12,14H,4-5,7-8H2,1H3. The molecule has 1 aliphatic rings. The van der Waals surface area contributed by atoms with Crippen molar-refractivity contribution in [1.29, 1.82) is 0 Å². The van der Waals surface area contributed by atoms with E-state index in [-0.39, 0.29) is 6.10 Å². The van der Waals surface area contributed by atoms with Gasteiger partial charge in [-0.05, 0) is 23.3 Å². The summed E-state index contributed by atoms with van der Waals surface area (Å²) in [6, 6.07) is 6.25. The molecular formula is C12H16BrNO2. The molecule has 1 atom stereocenters. The summed E-state index contributed by atoms with van der Waals surface area (Å²) >= 11 is 3.48. The molecule has 1 aromatic rings. The number of benzene rings is 1. The maximum absolute atomic E-state index is 5.76. The minimum absolute atomic E-state index is 0.145. The Morgan fingerprint density at radius 3 is 3.12 bits per heavy atom. The Morgan fingerprint density at radius 2 is 2.44 bits per heavy atom. The first-order chi connectivity index (χ1) is 7.81. The summed E-state index contributed by atoms with van der Waals surface area (Å²) in [4.78, 5) is 0. The topological polar surface area (TPSA) is 30.5 Å². The van der Waals surface area contributed by atoms with Crippen molar-refractivity contribution >= 4 is 15.9 Å². The van der Waals surface area contributed by atoms with Crippen LogP contribution in [0.1, 0.15) is 17.2 Å². The summed E-state index contributed by atoms with van der Waals surface area (Å²) in [6.45, 7) is 3.20. The Labute approximate surface area is 104 Å². The summed E-state index contributed by atoms with van der Waals surface area (Å²) in [6.07, 6.45) is 0.145. The van der Waals surface area contributed by atoms with Gasteiger partial charge in [-0.1, -0.05) is 22.0 Å². The molecule has 1 aliphatic heterocycles. The molecular weight excluding hydrogens is 270 g/mol. The Morgan fingerprint density at radius 1 is 1.56 bits per heavy atom. The average Bonchev–Trinajstić information content (AvgIpc) is 2.31. The van der Waals surface area contributed by atoms with E-state index in [1.54, 1.807) is 7.11 Å². The second-order valence-electron chi connectivity index (χ2n) is 3.84. The van der Waals surface area contributed by atoms with Gasteiger partial charge in [0.15, 0.2) is 0 Å². The van der Waals surface area contributed by atoms with Crippen LogP contribution >= 0.6 is 15.9 Å². The van der Waals surface area contributed by atoms with Crippen LogP contribution < -0.4 is 5.32 Å². The molecule has 0 aliphatic carbocycles. The predicted octanol–water partition coefficient (Wildman–Crippen LogP) is 2.26. The first-order valence-electron chi connectivity index (χ1n) is 5.41. The van der Waals surface area contributed by atoms with E-state index < -0.39 is 0 Å². The molecule has 1 N–H and O–H groups in total. The van der Waals surface area contributed by atoms with Crippen LogP contribution in [0.25, 0.3) is 0 Å². The number of hydrogen-bond donors (Lipinski definition) is 1. The molecule has 1 saturated heterocycles. The summed E-state index contributed by atoms with van der Waals surface area (Å²) < 4.78 is 12.1. The van der Waals surface area contributed by atoms with E-state index in [9.17, 15) is 0 Å². The second-order valence-corrected chi connectivity index (χ2v) is 4.76. The highest BCUT2D eigenvalue weighted by atomic mass is 79.9. The highest BCUT2D eigenvalue weighted by Crippen LogP contribution is 2.26. The molecule has 2 rings (SSSR count). The van der Waals surface area contributed by atoms with Gasteiger partial charge in [0.25, 0.3) is 0 Å². The van der Waals surface area contributed by atoms with Gasteiger partial charge < -0.3 is 14.8 Å². The molecule has 0 radical (unpaired) electrons. The summed E-state index contributed by atoms with van der Waals surface area (Å²) in [7, 11) is 1.71.